The van der Waals surface area contributed by atoms with Crippen LogP contribution in [0.2, 0.25) is 0 Å². The first kappa shape index (κ1) is 6.95. The lowest BCUT2D eigenvalue weighted by atomic mass is 10.4. The Morgan fingerprint density at radius 2 is 2.57 bits per heavy atom. The summed E-state index contributed by atoms with van der Waals surface area (Å²) < 4.78 is 0. The van der Waals surface area contributed by atoms with E-state index >= 15 is 0 Å². The number of carbonyl (C=O) groups excluding carboxylic acids is 1. The maximum absolute atomic E-state index is 9.64. The molecule has 1 unspecified atom stereocenters. The van der Waals surface area contributed by atoms with E-state index in [0.717, 1.165) is 5.33 Å². The smallest absolute Gasteiger partial charge is 0.207 e. The van der Waals surface area contributed by atoms with Crippen molar-refractivity contribution in [2.75, 3.05) is 5.33 Å². The van der Waals surface area contributed by atoms with Crippen molar-refractivity contribution in [3.05, 3.63) is 0 Å². The van der Waals surface area contributed by atoms with Gasteiger partial charge >= 0.3 is 0 Å². The van der Waals surface area contributed by atoms with Crippen LogP contribution in [0.5, 0.6) is 0 Å². The topological polar surface area (TPSA) is 29.1 Å². The highest BCUT2D eigenvalue weighted by Crippen LogP contribution is 1.84. The van der Waals surface area contributed by atoms with Crippen molar-refractivity contribution in [2.45, 2.75) is 13.0 Å². The van der Waals surface area contributed by atoms with Crippen LogP contribution in [0.1, 0.15) is 6.92 Å². The Morgan fingerprint density at radius 3 is 2.71 bits per heavy atom. The van der Waals surface area contributed by atoms with Crippen LogP contribution in [0.3, 0.4) is 0 Å². The highest BCUT2D eigenvalue weighted by molar-refractivity contribution is 9.09. The molecule has 7 heavy (non-hydrogen) atoms. The van der Waals surface area contributed by atoms with Crippen molar-refractivity contribution >= 4 is 22.3 Å². The van der Waals surface area contributed by atoms with Crippen molar-refractivity contribution < 1.29 is 4.79 Å². The molecule has 0 aliphatic carbocycles. The highest BCUT2D eigenvalue weighted by Gasteiger charge is 1.91. The van der Waals surface area contributed by atoms with Crippen LogP contribution in [0.4, 0.5) is 0 Å². The number of alkyl halides is 1. The van der Waals surface area contributed by atoms with E-state index in [9.17, 15) is 4.79 Å². The SMILES string of the molecule is CC(CBr)NC=O. The minimum atomic E-state index is 0.248. The van der Waals surface area contributed by atoms with Crippen LogP contribution in [-0.2, 0) is 4.79 Å². The molecular formula is C4H8BrNO. The minimum Gasteiger partial charge on any atom is -0.355 e. The van der Waals surface area contributed by atoms with Crippen LogP contribution < -0.4 is 5.32 Å². The van der Waals surface area contributed by atoms with Crippen LogP contribution in [0, 0.1) is 0 Å². The lowest BCUT2D eigenvalue weighted by molar-refractivity contribution is -0.109. The predicted molar refractivity (Wildman–Crippen MR) is 32.5 cm³/mol. The van der Waals surface area contributed by atoms with Gasteiger partial charge in [-0.05, 0) is 6.92 Å². The molecule has 0 aromatic rings. The summed E-state index contributed by atoms with van der Waals surface area (Å²) in [6, 6.07) is 0.248. The molecule has 0 aromatic heterocycles. The van der Waals surface area contributed by atoms with Gasteiger partial charge in [-0.1, -0.05) is 15.9 Å². The molecule has 0 bridgehead atoms. The number of hydrogen-bond acceptors (Lipinski definition) is 1. The third kappa shape index (κ3) is 3.79. The van der Waals surface area contributed by atoms with Gasteiger partial charge in [0.1, 0.15) is 0 Å². The molecule has 1 amide bonds. The normalized spacial score (nSPS) is 12.9. The fraction of sp³-hybridized carbons (Fsp3) is 0.750. The van der Waals surface area contributed by atoms with Crippen LogP contribution in [0.25, 0.3) is 0 Å². The molecule has 2 nitrogen and oxygen atoms in total. The molecular weight excluding hydrogens is 158 g/mol. The van der Waals surface area contributed by atoms with Crippen molar-refractivity contribution in [1.29, 1.82) is 0 Å². The van der Waals surface area contributed by atoms with Crippen molar-refractivity contribution in [3.63, 3.8) is 0 Å². The molecule has 3 heteroatoms. The number of nitrogens with one attached hydrogen (secondary N) is 1. The Balaban J connectivity index is 2.98. The number of hydrogen-bond donors (Lipinski definition) is 1. The zero-order valence-electron chi connectivity index (χ0n) is 4.15. The monoisotopic (exact) mass is 165 g/mol. The van der Waals surface area contributed by atoms with Gasteiger partial charge in [-0.3, -0.25) is 4.79 Å². The van der Waals surface area contributed by atoms with Crippen molar-refractivity contribution in [2.24, 2.45) is 0 Å². The van der Waals surface area contributed by atoms with Gasteiger partial charge in [-0.2, -0.15) is 0 Å². The standard InChI is InChI=1S/C4H8BrNO/c1-4(2-5)6-3-7/h3-4H,2H2,1H3,(H,6,7). The molecule has 0 saturated carbocycles. The Kier molecular flexibility index (Phi) is 4.09. The Bertz CT molecular complexity index is 57.7. The first-order chi connectivity index (χ1) is 3.31. The summed E-state index contributed by atoms with van der Waals surface area (Å²) in [5.74, 6) is 0. The van der Waals surface area contributed by atoms with E-state index in [-0.39, 0.29) is 6.04 Å². The third-order valence-electron chi connectivity index (χ3n) is 0.584. The second kappa shape index (κ2) is 4.12. The van der Waals surface area contributed by atoms with E-state index in [4.69, 9.17) is 0 Å². The maximum Gasteiger partial charge on any atom is 0.207 e. The molecule has 1 atom stereocenters. The Labute approximate surface area is 51.4 Å². The van der Waals surface area contributed by atoms with E-state index < -0.39 is 0 Å². The van der Waals surface area contributed by atoms with Gasteiger partial charge < -0.3 is 5.32 Å². The van der Waals surface area contributed by atoms with E-state index in [2.05, 4.69) is 21.2 Å². The number of rotatable bonds is 3. The lowest BCUT2D eigenvalue weighted by Crippen LogP contribution is -2.25. The first-order valence-corrected chi connectivity index (χ1v) is 3.19. The summed E-state index contributed by atoms with van der Waals surface area (Å²) >= 11 is 3.19. The van der Waals surface area contributed by atoms with Gasteiger partial charge in [0.2, 0.25) is 6.41 Å². The van der Waals surface area contributed by atoms with Gasteiger partial charge in [0.05, 0.1) is 0 Å². The highest BCUT2D eigenvalue weighted by atomic mass is 79.9. The molecule has 0 saturated heterocycles. The zero-order chi connectivity index (χ0) is 5.70. The Hall–Kier alpha value is -0.0500. The molecule has 0 radical (unpaired) electrons. The van der Waals surface area contributed by atoms with Gasteiger partial charge in [0, 0.05) is 11.4 Å². The number of carbonyl (C=O) groups is 1. The molecule has 42 valence electrons. The molecule has 0 heterocycles. The van der Waals surface area contributed by atoms with Crippen LogP contribution in [-0.4, -0.2) is 17.8 Å². The largest absolute Gasteiger partial charge is 0.355 e. The summed E-state index contributed by atoms with van der Waals surface area (Å²) in [4.78, 5) is 9.64. The Morgan fingerprint density at radius 1 is 2.00 bits per heavy atom. The molecule has 0 fully saturated rings. The third-order valence-corrected chi connectivity index (χ3v) is 1.56. The molecule has 0 aromatic carbocycles. The zero-order valence-corrected chi connectivity index (χ0v) is 5.73. The van der Waals surface area contributed by atoms with Crippen LogP contribution >= 0.6 is 15.9 Å². The van der Waals surface area contributed by atoms with Crippen LogP contribution in [0.15, 0.2) is 0 Å². The van der Waals surface area contributed by atoms with E-state index in [0.29, 0.717) is 6.41 Å². The lowest BCUT2D eigenvalue weighted by Gasteiger charge is -2.01. The minimum absolute atomic E-state index is 0.248. The molecule has 1 N–H and O–H groups in total. The average Bonchev–Trinajstić information content (AvgIpc) is 1.68. The van der Waals surface area contributed by atoms with Gasteiger partial charge in [-0.25, -0.2) is 0 Å². The number of halogens is 1. The van der Waals surface area contributed by atoms with E-state index in [1.807, 2.05) is 6.92 Å². The summed E-state index contributed by atoms with van der Waals surface area (Å²) in [6.45, 7) is 1.92. The summed E-state index contributed by atoms with van der Waals surface area (Å²) in [6.07, 6.45) is 0.700. The molecule has 0 rings (SSSR count). The van der Waals surface area contributed by atoms with Gasteiger partial charge in [0.25, 0.3) is 0 Å². The quantitative estimate of drug-likeness (QED) is 0.480. The molecule has 0 aliphatic heterocycles. The molecule has 0 spiro atoms. The average molecular weight is 166 g/mol. The van der Waals surface area contributed by atoms with Gasteiger partial charge in [0.15, 0.2) is 0 Å². The van der Waals surface area contributed by atoms with Crippen molar-refractivity contribution in [1.82, 2.24) is 5.32 Å². The summed E-state index contributed by atoms with van der Waals surface area (Å²) in [5, 5.41) is 3.38. The predicted octanol–water partition coefficient (Wildman–Crippen LogP) is 0.516. The second-order valence-corrected chi connectivity index (χ2v) is 1.99. The summed E-state index contributed by atoms with van der Waals surface area (Å²) in [5.41, 5.74) is 0. The van der Waals surface area contributed by atoms with E-state index in [1.165, 1.54) is 0 Å². The fourth-order valence-electron chi connectivity index (χ4n) is 0.161. The van der Waals surface area contributed by atoms with Gasteiger partial charge in [-0.15, -0.1) is 0 Å². The van der Waals surface area contributed by atoms with Crippen molar-refractivity contribution in [3.8, 4) is 0 Å². The maximum atomic E-state index is 9.64. The van der Waals surface area contributed by atoms with E-state index in [1.54, 1.807) is 0 Å². The second-order valence-electron chi connectivity index (χ2n) is 1.34. The molecule has 0 aliphatic rings. The first-order valence-electron chi connectivity index (χ1n) is 2.07. The number of amides is 1. The summed E-state index contributed by atoms with van der Waals surface area (Å²) in [7, 11) is 0. The fourth-order valence-corrected chi connectivity index (χ4v) is 0.348.